The van der Waals surface area contributed by atoms with Crippen LogP contribution in [0.25, 0.3) is 0 Å². The second-order valence-corrected chi connectivity index (χ2v) is 4.64. The Morgan fingerprint density at radius 2 is 2.00 bits per heavy atom. The quantitative estimate of drug-likeness (QED) is 0.736. The van der Waals surface area contributed by atoms with E-state index < -0.39 is 0 Å². The van der Waals surface area contributed by atoms with Crippen LogP contribution in [-0.4, -0.2) is 11.6 Å². The van der Waals surface area contributed by atoms with Gasteiger partial charge in [-0.05, 0) is 24.8 Å². The van der Waals surface area contributed by atoms with Crippen LogP contribution in [0, 0.1) is 5.41 Å². The molecule has 0 saturated heterocycles. The predicted octanol–water partition coefficient (Wildman–Crippen LogP) is 3.07. The van der Waals surface area contributed by atoms with Gasteiger partial charge >= 0.3 is 0 Å². The van der Waals surface area contributed by atoms with Gasteiger partial charge in [-0.25, -0.2) is 4.98 Å². The molecule has 2 nitrogen and oxygen atoms in total. The fourth-order valence-electron chi connectivity index (χ4n) is 1.33. The minimum Gasteiger partial charge on any atom is -0.478 e. The zero-order valence-corrected chi connectivity index (χ0v) is 9.50. The van der Waals surface area contributed by atoms with E-state index in [0.29, 0.717) is 6.61 Å². The van der Waals surface area contributed by atoms with Gasteiger partial charge in [0.15, 0.2) is 0 Å². The normalized spacial score (nSPS) is 11.4. The SMILES string of the molecule is CCOc1cccc(CC(C)(C)C)n1. The average Bonchev–Trinajstić information content (AvgIpc) is 2.02. The first kappa shape index (κ1) is 11.0. The largest absolute Gasteiger partial charge is 0.478 e. The first-order valence-electron chi connectivity index (χ1n) is 5.10. The third kappa shape index (κ3) is 3.77. The molecule has 2 heteroatoms. The van der Waals surface area contributed by atoms with Gasteiger partial charge in [-0.15, -0.1) is 0 Å². The van der Waals surface area contributed by atoms with Gasteiger partial charge in [-0.3, -0.25) is 0 Å². The molecule has 0 aliphatic carbocycles. The molecule has 78 valence electrons. The fraction of sp³-hybridized carbons (Fsp3) is 0.583. The van der Waals surface area contributed by atoms with Crippen LogP contribution in [-0.2, 0) is 6.42 Å². The van der Waals surface area contributed by atoms with Crippen LogP contribution < -0.4 is 4.74 Å². The average molecular weight is 193 g/mol. The van der Waals surface area contributed by atoms with Gasteiger partial charge in [-0.1, -0.05) is 26.8 Å². The molecule has 0 fully saturated rings. The standard InChI is InChI=1S/C12H19NO/c1-5-14-11-8-6-7-10(13-11)9-12(2,3)4/h6-8H,5,9H2,1-4H3. The van der Waals surface area contributed by atoms with Gasteiger partial charge < -0.3 is 4.74 Å². The van der Waals surface area contributed by atoms with E-state index in [4.69, 9.17) is 4.74 Å². The van der Waals surface area contributed by atoms with Crippen LogP contribution in [0.15, 0.2) is 18.2 Å². The van der Waals surface area contributed by atoms with Crippen molar-refractivity contribution in [2.45, 2.75) is 34.1 Å². The molecule has 1 rings (SSSR count). The van der Waals surface area contributed by atoms with Crippen molar-refractivity contribution in [1.82, 2.24) is 4.98 Å². The summed E-state index contributed by atoms with van der Waals surface area (Å²) < 4.78 is 5.35. The molecule has 0 bridgehead atoms. The summed E-state index contributed by atoms with van der Waals surface area (Å²) in [6, 6.07) is 5.95. The second kappa shape index (κ2) is 4.45. The van der Waals surface area contributed by atoms with Crippen LogP contribution in [0.2, 0.25) is 0 Å². The van der Waals surface area contributed by atoms with E-state index >= 15 is 0 Å². The third-order valence-corrected chi connectivity index (χ3v) is 1.78. The molecule has 1 heterocycles. The molecule has 1 aromatic heterocycles. The molecule has 14 heavy (non-hydrogen) atoms. The van der Waals surface area contributed by atoms with Crippen LogP contribution >= 0.6 is 0 Å². The van der Waals surface area contributed by atoms with Crippen LogP contribution in [0.4, 0.5) is 0 Å². The first-order valence-corrected chi connectivity index (χ1v) is 5.10. The maximum atomic E-state index is 5.35. The molecule has 0 aliphatic heterocycles. The minimum atomic E-state index is 0.276. The molecule has 0 atom stereocenters. The van der Waals surface area contributed by atoms with Gasteiger partial charge in [0, 0.05) is 11.8 Å². The molecule has 0 radical (unpaired) electrons. The summed E-state index contributed by atoms with van der Waals surface area (Å²) in [5.41, 5.74) is 1.38. The van der Waals surface area contributed by atoms with Crippen LogP contribution in [0.5, 0.6) is 5.88 Å². The van der Waals surface area contributed by atoms with Crippen molar-refractivity contribution in [3.05, 3.63) is 23.9 Å². The highest BCUT2D eigenvalue weighted by Gasteiger charge is 2.12. The van der Waals surface area contributed by atoms with E-state index in [0.717, 1.165) is 18.0 Å². The topological polar surface area (TPSA) is 22.1 Å². The molecular formula is C12H19NO. The lowest BCUT2D eigenvalue weighted by Gasteiger charge is -2.17. The van der Waals surface area contributed by atoms with Crippen molar-refractivity contribution in [2.75, 3.05) is 6.61 Å². The predicted molar refractivity (Wildman–Crippen MR) is 58.6 cm³/mol. The number of aromatic nitrogens is 1. The van der Waals surface area contributed by atoms with Crippen molar-refractivity contribution >= 4 is 0 Å². The van der Waals surface area contributed by atoms with Crippen molar-refractivity contribution in [3.63, 3.8) is 0 Å². The Hall–Kier alpha value is -1.05. The van der Waals surface area contributed by atoms with E-state index in [9.17, 15) is 0 Å². The maximum absolute atomic E-state index is 5.35. The zero-order valence-electron chi connectivity index (χ0n) is 9.50. The molecule has 0 saturated carbocycles. The lowest BCUT2D eigenvalue weighted by molar-refractivity contribution is 0.323. The van der Waals surface area contributed by atoms with Crippen molar-refractivity contribution in [3.8, 4) is 5.88 Å². The van der Waals surface area contributed by atoms with Crippen molar-refractivity contribution < 1.29 is 4.74 Å². The molecule has 0 unspecified atom stereocenters. The molecular weight excluding hydrogens is 174 g/mol. The summed E-state index contributed by atoms with van der Waals surface area (Å²) in [5.74, 6) is 0.731. The monoisotopic (exact) mass is 193 g/mol. The Kier molecular flexibility index (Phi) is 3.50. The van der Waals surface area contributed by atoms with Crippen molar-refractivity contribution in [1.29, 1.82) is 0 Å². The minimum absolute atomic E-state index is 0.276. The number of nitrogens with zero attached hydrogens (tertiary/aromatic N) is 1. The van der Waals surface area contributed by atoms with E-state index in [1.165, 1.54) is 0 Å². The third-order valence-electron chi connectivity index (χ3n) is 1.78. The molecule has 0 spiro atoms. The first-order chi connectivity index (χ1) is 6.51. The number of hydrogen-bond donors (Lipinski definition) is 0. The summed E-state index contributed by atoms with van der Waals surface area (Å²) in [5, 5.41) is 0. The number of rotatable bonds is 3. The number of pyridine rings is 1. The fourth-order valence-corrected chi connectivity index (χ4v) is 1.33. The van der Waals surface area contributed by atoms with Gasteiger partial charge in [0.25, 0.3) is 0 Å². The second-order valence-electron chi connectivity index (χ2n) is 4.64. The smallest absolute Gasteiger partial charge is 0.213 e. The van der Waals surface area contributed by atoms with Crippen LogP contribution in [0.1, 0.15) is 33.4 Å². The summed E-state index contributed by atoms with van der Waals surface area (Å²) in [7, 11) is 0. The molecule has 0 aromatic carbocycles. The van der Waals surface area contributed by atoms with E-state index in [-0.39, 0.29) is 5.41 Å². The van der Waals surface area contributed by atoms with E-state index in [1.54, 1.807) is 0 Å². The van der Waals surface area contributed by atoms with Gasteiger partial charge in [0.1, 0.15) is 0 Å². The highest BCUT2D eigenvalue weighted by Crippen LogP contribution is 2.20. The molecule has 0 aliphatic rings. The Balaban J connectivity index is 2.73. The number of hydrogen-bond acceptors (Lipinski definition) is 2. The Morgan fingerprint density at radius 3 is 2.57 bits per heavy atom. The zero-order chi connectivity index (χ0) is 10.6. The molecule has 1 aromatic rings. The van der Waals surface area contributed by atoms with Gasteiger partial charge in [0.05, 0.1) is 6.61 Å². The van der Waals surface area contributed by atoms with E-state index in [1.807, 2.05) is 25.1 Å². The lowest BCUT2D eigenvalue weighted by atomic mass is 9.90. The molecule has 0 amide bonds. The summed E-state index contributed by atoms with van der Waals surface area (Å²) in [6.07, 6.45) is 0.980. The van der Waals surface area contributed by atoms with Gasteiger partial charge in [-0.2, -0.15) is 0 Å². The highest BCUT2D eigenvalue weighted by atomic mass is 16.5. The van der Waals surface area contributed by atoms with E-state index in [2.05, 4.69) is 25.8 Å². The summed E-state index contributed by atoms with van der Waals surface area (Å²) >= 11 is 0. The van der Waals surface area contributed by atoms with Gasteiger partial charge in [0.2, 0.25) is 5.88 Å². The number of ether oxygens (including phenoxy) is 1. The Morgan fingerprint density at radius 1 is 1.29 bits per heavy atom. The molecule has 0 N–H and O–H groups in total. The lowest BCUT2D eigenvalue weighted by Crippen LogP contribution is -2.10. The summed E-state index contributed by atoms with van der Waals surface area (Å²) in [6.45, 7) is 9.27. The van der Waals surface area contributed by atoms with Crippen molar-refractivity contribution in [2.24, 2.45) is 5.41 Å². The maximum Gasteiger partial charge on any atom is 0.213 e. The summed E-state index contributed by atoms with van der Waals surface area (Å²) in [4.78, 5) is 4.43. The van der Waals surface area contributed by atoms with Crippen LogP contribution in [0.3, 0.4) is 0 Å². The Labute approximate surface area is 86.3 Å². The Bertz CT molecular complexity index is 289. The highest BCUT2D eigenvalue weighted by molar-refractivity contribution is 5.16.